The van der Waals surface area contributed by atoms with E-state index in [1.165, 1.54) is 5.57 Å². The fraction of sp³-hybridized carbons (Fsp3) is 0.692. The molecule has 0 atom stereocenters. The van der Waals surface area contributed by atoms with Crippen molar-refractivity contribution in [2.24, 2.45) is 0 Å². The van der Waals surface area contributed by atoms with Crippen molar-refractivity contribution in [2.45, 2.75) is 33.4 Å². The number of hydrogen-bond acceptors (Lipinski definition) is 4. The molecule has 0 fully saturated rings. The van der Waals surface area contributed by atoms with Gasteiger partial charge >= 0.3 is 0 Å². The van der Waals surface area contributed by atoms with Gasteiger partial charge in [-0.2, -0.15) is 0 Å². The van der Waals surface area contributed by atoms with Crippen LogP contribution in [0.15, 0.2) is 18.3 Å². The molecule has 5 nitrogen and oxygen atoms in total. The van der Waals surface area contributed by atoms with Gasteiger partial charge in [-0.05, 0) is 26.9 Å². The molecular weight excluding hydrogens is 226 g/mol. The van der Waals surface area contributed by atoms with Crippen molar-refractivity contribution in [2.75, 3.05) is 26.7 Å². The molecule has 5 heteroatoms. The zero-order valence-corrected chi connectivity index (χ0v) is 11.8. The van der Waals surface area contributed by atoms with Crippen LogP contribution < -0.4 is 5.32 Å². The van der Waals surface area contributed by atoms with Crippen molar-refractivity contribution >= 4 is 0 Å². The van der Waals surface area contributed by atoms with Crippen LogP contribution in [0.25, 0.3) is 0 Å². The van der Waals surface area contributed by atoms with E-state index in [-0.39, 0.29) is 0 Å². The van der Waals surface area contributed by atoms with Crippen molar-refractivity contribution in [3.8, 4) is 0 Å². The summed E-state index contributed by atoms with van der Waals surface area (Å²) in [6.07, 6.45) is 3.15. The van der Waals surface area contributed by atoms with Gasteiger partial charge in [0.1, 0.15) is 0 Å². The second kappa shape index (κ2) is 8.00. The van der Waals surface area contributed by atoms with E-state index in [9.17, 15) is 0 Å². The minimum Gasteiger partial charge on any atom is -0.311 e. The second-order valence-electron chi connectivity index (χ2n) is 4.84. The van der Waals surface area contributed by atoms with E-state index in [0.29, 0.717) is 0 Å². The molecule has 1 aromatic rings. The van der Waals surface area contributed by atoms with Crippen LogP contribution in [-0.4, -0.2) is 46.6 Å². The van der Waals surface area contributed by atoms with E-state index in [0.717, 1.165) is 44.8 Å². The third kappa shape index (κ3) is 5.93. The molecule has 0 saturated carbocycles. The molecule has 0 aliphatic carbocycles. The highest BCUT2D eigenvalue weighted by Crippen LogP contribution is 1.96. The van der Waals surface area contributed by atoms with Gasteiger partial charge in [0.15, 0.2) is 0 Å². The lowest BCUT2D eigenvalue weighted by molar-refractivity contribution is 0.334. The molecule has 1 heterocycles. The van der Waals surface area contributed by atoms with Crippen LogP contribution in [0.2, 0.25) is 0 Å². The monoisotopic (exact) mass is 251 g/mol. The van der Waals surface area contributed by atoms with E-state index >= 15 is 0 Å². The lowest BCUT2D eigenvalue weighted by Gasteiger charge is -2.15. The van der Waals surface area contributed by atoms with Gasteiger partial charge in [0, 0.05) is 25.8 Å². The van der Waals surface area contributed by atoms with E-state index in [2.05, 4.69) is 41.1 Å². The third-order valence-corrected chi connectivity index (χ3v) is 2.57. The predicted octanol–water partition coefficient (Wildman–Crippen LogP) is 1.29. The molecular formula is C13H25N5. The van der Waals surface area contributed by atoms with Crippen LogP contribution in [0.3, 0.4) is 0 Å². The van der Waals surface area contributed by atoms with Crippen LogP contribution in [0.4, 0.5) is 0 Å². The summed E-state index contributed by atoms with van der Waals surface area (Å²) in [5, 5.41) is 11.6. The Hall–Kier alpha value is -1.20. The summed E-state index contributed by atoms with van der Waals surface area (Å²) in [6.45, 7) is 12.7. The first-order valence-electron chi connectivity index (χ1n) is 6.54. The summed E-state index contributed by atoms with van der Waals surface area (Å²) in [7, 11) is 2.09. The van der Waals surface area contributed by atoms with E-state index < -0.39 is 0 Å². The minimum absolute atomic E-state index is 0.801. The van der Waals surface area contributed by atoms with Crippen LogP contribution in [0.5, 0.6) is 0 Å². The maximum atomic E-state index is 4.14. The number of rotatable bonds is 9. The largest absolute Gasteiger partial charge is 0.311 e. The van der Waals surface area contributed by atoms with Crippen molar-refractivity contribution in [3.63, 3.8) is 0 Å². The molecule has 0 saturated heterocycles. The lowest BCUT2D eigenvalue weighted by atomic mass is 10.3. The normalized spacial score (nSPS) is 11.1. The summed E-state index contributed by atoms with van der Waals surface area (Å²) in [5.74, 6) is 0. The lowest BCUT2D eigenvalue weighted by Crippen LogP contribution is -2.25. The van der Waals surface area contributed by atoms with Crippen LogP contribution in [0.1, 0.15) is 26.0 Å². The first kappa shape index (κ1) is 14.9. The Kier molecular flexibility index (Phi) is 6.60. The molecule has 0 aliphatic rings. The van der Waals surface area contributed by atoms with Crippen LogP contribution >= 0.6 is 0 Å². The van der Waals surface area contributed by atoms with E-state index in [4.69, 9.17) is 0 Å². The SMILES string of the molecule is C=C(C)CN(C)CCn1cc(CNCCC)nn1. The fourth-order valence-corrected chi connectivity index (χ4v) is 1.74. The number of likely N-dealkylation sites (N-methyl/N-ethyl adjacent to an activating group) is 1. The summed E-state index contributed by atoms with van der Waals surface area (Å²) < 4.78 is 1.90. The molecule has 1 N–H and O–H groups in total. The summed E-state index contributed by atoms with van der Waals surface area (Å²) in [4.78, 5) is 2.24. The number of nitrogens with one attached hydrogen (secondary N) is 1. The quantitative estimate of drug-likeness (QED) is 0.530. The first-order valence-corrected chi connectivity index (χ1v) is 6.54. The van der Waals surface area contributed by atoms with Crippen molar-refractivity contribution < 1.29 is 0 Å². The Labute approximate surface area is 110 Å². The maximum Gasteiger partial charge on any atom is 0.0964 e. The molecule has 102 valence electrons. The average Bonchev–Trinajstić information content (AvgIpc) is 2.74. The molecule has 0 aromatic carbocycles. The molecule has 0 amide bonds. The highest BCUT2D eigenvalue weighted by molar-refractivity contribution is 4.92. The highest BCUT2D eigenvalue weighted by atomic mass is 15.4. The zero-order valence-electron chi connectivity index (χ0n) is 11.8. The summed E-state index contributed by atoms with van der Waals surface area (Å²) in [5.41, 5.74) is 2.19. The van der Waals surface area contributed by atoms with Gasteiger partial charge in [-0.1, -0.05) is 24.3 Å². The third-order valence-electron chi connectivity index (χ3n) is 2.57. The zero-order chi connectivity index (χ0) is 13.4. The molecule has 0 spiro atoms. The van der Waals surface area contributed by atoms with E-state index in [1.807, 2.05) is 17.8 Å². The Balaban J connectivity index is 2.28. The van der Waals surface area contributed by atoms with Gasteiger partial charge in [-0.15, -0.1) is 5.10 Å². The van der Waals surface area contributed by atoms with Crippen molar-refractivity contribution in [1.29, 1.82) is 0 Å². The number of aromatic nitrogens is 3. The number of nitrogens with zero attached hydrogens (tertiary/aromatic N) is 4. The molecule has 1 aromatic heterocycles. The standard InChI is InChI=1S/C13H25N5/c1-5-6-14-9-13-11-18(16-15-13)8-7-17(4)10-12(2)3/h11,14H,2,5-10H2,1,3-4H3. The maximum absolute atomic E-state index is 4.14. The van der Waals surface area contributed by atoms with Gasteiger partial charge in [0.25, 0.3) is 0 Å². The Morgan fingerprint density at radius 1 is 1.56 bits per heavy atom. The highest BCUT2D eigenvalue weighted by Gasteiger charge is 2.02. The first-order chi connectivity index (χ1) is 8.61. The Bertz CT molecular complexity index is 358. The molecule has 0 unspecified atom stereocenters. The van der Waals surface area contributed by atoms with Gasteiger partial charge < -0.3 is 10.2 Å². The van der Waals surface area contributed by atoms with Gasteiger partial charge in [0.05, 0.1) is 12.2 Å². The van der Waals surface area contributed by atoms with E-state index in [1.54, 1.807) is 0 Å². The number of hydrogen-bond donors (Lipinski definition) is 1. The second-order valence-corrected chi connectivity index (χ2v) is 4.84. The van der Waals surface area contributed by atoms with Crippen molar-refractivity contribution in [1.82, 2.24) is 25.2 Å². The fourth-order valence-electron chi connectivity index (χ4n) is 1.74. The van der Waals surface area contributed by atoms with Crippen molar-refractivity contribution in [3.05, 3.63) is 24.0 Å². The van der Waals surface area contributed by atoms with Crippen LogP contribution in [-0.2, 0) is 13.1 Å². The molecule has 18 heavy (non-hydrogen) atoms. The molecule has 0 radical (unpaired) electrons. The molecule has 0 aliphatic heterocycles. The molecule has 0 bridgehead atoms. The minimum atomic E-state index is 0.801. The van der Waals surface area contributed by atoms with Gasteiger partial charge in [0.2, 0.25) is 0 Å². The Morgan fingerprint density at radius 2 is 2.33 bits per heavy atom. The topological polar surface area (TPSA) is 46.0 Å². The van der Waals surface area contributed by atoms with Gasteiger partial charge in [-0.3, -0.25) is 4.68 Å². The Morgan fingerprint density at radius 3 is 3.00 bits per heavy atom. The van der Waals surface area contributed by atoms with Crippen LogP contribution in [0, 0.1) is 0 Å². The summed E-state index contributed by atoms with van der Waals surface area (Å²) in [6, 6.07) is 0. The molecule has 1 rings (SSSR count). The van der Waals surface area contributed by atoms with Gasteiger partial charge in [-0.25, -0.2) is 0 Å². The summed E-state index contributed by atoms with van der Waals surface area (Å²) >= 11 is 0. The predicted molar refractivity (Wildman–Crippen MR) is 74.3 cm³/mol. The smallest absolute Gasteiger partial charge is 0.0964 e. The average molecular weight is 251 g/mol.